The highest BCUT2D eigenvalue weighted by molar-refractivity contribution is 5.91. The first-order chi connectivity index (χ1) is 11.9. The van der Waals surface area contributed by atoms with E-state index in [-0.39, 0.29) is 30.7 Å². The number of allylic oxidation sites excluding steroid dienone is 1. The van der Waals surface area contributed by atoms with E-state index in [2.05, 4.69) is 6.58 Å². The maximum atomic E-state index is 12.1. The van der Waals surface area contributed by atoms with Crippen molar-refractivity contribution in [1.29, 1.82) is 0 Å². The Morgan fingerprint density at radius 3 is 2.64 bits per heavy atom. The van der Waals surface area contributed by atoms with Crippen LogP contribution in [0, 0.1) is 11.8 Å². The third-order valence-electron chi connectivity index (χ3n) is 4.57. The van der Waals surface area contributed by atoms with E-state index in [0.29, 0.717) is 19.3 Å². The molecular weight excluding hydrogens is 324 g/mol. The van der Waals surface area contributed by atoms with Gasteiger partial charge in [0, 0.05) is 12.0 Å². The van der Waals surface area contributed by atoms with Gasteiger partial charge in [-0.05, 0) is 30.1 Å². The summed E-state index contributed by atoms with van der Waals surface area (Å²) >= 11 is 0. The topological polar surface area (TPSA) is 93.1 Å². The number of aliphatic hydroxyl groups excluding tert-OH is 2. The number of carbonyl (C=O) groups excluding carboxylic acids is 2. The second kappa shape index (κ2) is 8.45. The largest absolute Gasteiger partial charge is 0.461 e. The molecule has 0 amide bonds. The van der Waals surface area contributed by atoms with Gasteiger partial charge in [0.05, 0.1) is 25.0 Å². The van der Waals surface area contributed by atoms with Crippen LogP contribution in [0.1, 0.15) is 33.1 Å². The highest BCUT2D eigenvalue weighted by Crippen LogP contribution is 2.36. The minimum Gasteiger partial charge on any atom is -0.461 e. The fraction of sp³-hybridized carbons (Fsp3) is 0.579. The predicted octanol–water partition coefficient (Wildman–Crippen LogP) is 1.67. The van der Waals surface area contributed by atoms with Gasteiger partial charge in [-0.1, -0.05) is 26.5 Å². The highest BCUT2D eigenvalue weighted by atomic mass is 16.6. The minimum absolute atomic E-state index is 0.147. The van der Waals surface area contributed by atoms with Crippen LogP contribution >= 0.6 is 0 Å². The van der Waals surface area contributed by atoms with Gasteiger partial charge in [0.15, 0.2) is 0 Å². The molecule has 1 heterocycles. The lowest BCUT2D eigenvalue weighted by Gasteiger charge is -2.28. The van der Waals surface area contributed by atoms with Crippen LogP contribution in [0.4, 0.5) is 0 Å². The average Bonchev–Trinajstić information content (AvgIpc) is 2.85. The number of ether oxygens (including phenoxy) is 2. The second-order valence-electron chi connectivity index (χ2n) is 6.80. The summed E-state index contributed by atoms with van der Waals surface area (Å²) in [6.45, 7) is 6.97. The Balaban J connectivity index is 2.41. The number of aliphatic hydroxyl groups is 2. The number of esters is 2. The fourth-order valence-corrected chi connectivity index (χ4v) is 3.09. The SMILES string of the molecule is C=C1C(=O)O[C@@H]2C=C(CO)CCC=C(CO)C[C@H](OC(=O)C(C)C)[C@@H]12. The zero-order chi connectivity index (χ0) is 18.6. The van der Waals surface area contributed by atoms with Gasteiger partial charge in [0.25, 0.3) is 0 Å². The van der Waals surface area contributed by atoms with Gasteiger partial charge >= 0.3 is 11.9 Å². The molecule has 2 aliphatic rings. The lowest BCUT2D eigenvalue weighted by atomic mass is 9.85. The summed E-state index contributed by atoms with van der Waals surface area (Å²) in [5, 5.41) is 19.2. The average molecular weight is 350 g/mol. The van der Waals surface area contributed by atoms with Crippen molar-refractivity contribution in [3.05, 3.63) is 35.5 Å². The van der Waals surface area contributed by atoms with Crippen LogP contribution < -0.4 is 0 Å². The smallest absolute Gasteiger partial charge is 0.334 e. The van der Waals surface area contributed by atoms with E-state index in [1.54, 1.807) is 19.9 Å². The van der Waals surface area contributed by atoms with Crippen molar-refractivity contribution in [3.63, 3.8) is 0 Å². The molecule has 1 aliphatic carbocycles. The van der Waals surface area contributed by atoms with E-state index in [4.69, 9.17) is 9.47 Å². The number of hydrogen-bond donors (Lipinski definition) is 2. The molecule has 0 radical (unpaired) electrons. The first-order valence-corrected chi connectivity index (χ1v) is 8.56. The van der Waals surface area contributed by atoms with Crippen molar-refractivity contribution in [1.82, 2.24) is 0 Å². The van der Waals surface area contributed by atoms with Crippen molar-refractivity contribution in [2.24, 2.45) is 11.8 Å². The number of rotatable bonds is 4. The van der Waals surface area contributed by atoms with Gasteiger partial charge < -0.3 is 19.7 Å². The lowest BCUT2D eigenvalue weighted by molar-refractivity contribution is -0.155. The zero-order valence-corrected chi connectivity index (χ0v) is 14.7. The molecule has 0 unspecified atom stereocenters. The van der Waals surface area contributed by atoms with Crippen molar-refractivity contribution in [3.8, 4) is 0 Å². The van der Waals surface area contributed by atoms with E-state index in [1.165, 1.54) is 0 Å². The number of hydrogen-bond acceptors (Lipinski definition) is 6. The summed E-state index contributed by atoms with van der Waals surface area (Å²) in [6, 6.07) is 0. The van der Waals surface area contributed by atoms with Gasteiger partial charge in [0.1, 0.15) is 12.2 Å². The molecule has 2 N–H and O–H groups in total. The van der Waals surface area contributed by atoms with Crippen LogP contribution in [0.25, 0.3) is 0 Å². The molecule has 0 spiro atoms. The van der Waals surface area contributed by atoms with Gasteiger partial charge in [0.2, 0.25) is 0 Å². The molecule has 1 fully saturated rings. The molecule has 1 aliphatic heterocycles. The standard InChI is InChI=1S/C19H26O6/c1-11(2)18(22)24-15-7-13(9-20)5-4-6-14(10-21)8-16-17(15)12(3)19(23)25-16/h5,8,11,15-17,20-21H,3-4,6-7,9-10H2,1-2H3/t15-,16+,17+/m0/s1. The Kier molecular flexibility index (Phi) is 6.56. The Bertz CT molecular complexity index is 601. The maximum absolute atomic E-state index is 12.1. The molecular formula is C19H26O6. The zero-order valence-electron chi connectivity index (χ0n) is 14.7. The van der Waals surface area contributed by atoms with Crippen molar-refractivity contribution in [2.75, 3.05) is 13.2 Å². The molecule has 3 atom stereocenters. The second-order valence-corrected chi connectivity index (χ2v) is 6.80. The van der Waals surface area contributed by atoms with E-state index >= 15 is 0 Å². The van der Waals surface area contributed by atoms with Gasteiger partial charge in [-0.15, -0.1) is 0 Å². The Hall–Kier alpha value is -1.92. The molecule has 138 valence electrons. The van der Waals surface area contributed by atoms with E-state index in [1.807, 2.05) is 6.08 Å². The molecule has 2 rings (SSSR count). The van der Waals surface area contributed by atoms with Gasteiger partial charge in [-0.3, -0.25) is 4.79 Å². The monoisotopic (exact) mass is 350 g/mol. The molecule has 6 nitrogen and oxygen atoms in total. The normalized spacial score (nSPS) is 27.3. The van der Waals surface area contributed by atoms with E-state index in [9.17, 15) is 19.8 Å². The fourth-order valence-electron chi connectivity index (χ4n) is 3.09. The van der Waals surface area contributed by atoms with Crippen molar-refractivity contribution >= 4 is 11.9 Å². The van der Waals surface area contributed by atoms with Crippen LogP contribution in [0.15, 0.2) is 35.5 Å². The van der Waals surface area contributed by atoms with Gasteiger partial charge in [-0.25, -0.2) is 4.79 Å². The number of carbonyl (C=O) groups is 2. The van der Waals surface area contributed by atoms with Gasteiger partial charge in [-0.2, -0.15) is 0 Å². The quantitative estimate of drug-likeness (QED) is 0.455. The highest BCUT2D eigenvalue weighted by Gasteiger charge is 2.44. The molecule has 0 aromatic carbocycles. The molecule has 25 heavy (non-hydrogen) atoms. The Morgan fingerprint density at radius 1 is 1.36 bits per heavy atom. The minimum atomic E-state index is -0.661. The van der Waals surface area contributed by atoms with Crippen LogP contribution in [-0.4, -0.2) is 47.6 Å². The van der Waals surface area contributed by atoms with Crippen LogP contribution in [-0.2, 0) is 19.1 Å². The van der Waals surface area contributed by atoms with Crippen molar-refractivity contribution in [2.45, 2.75) is 45.3 Å². The molecule has 0 aromatic heterocycles. The van der Waals surface area contributed by atoms with Crippen LogP contribution in [0.3, 0.4) is 0 Å². The number of fused-ring (bicyclic) bond motifs is 1. The summed E-state index contributed by atoms with van der Waals surface area (Å²) in [5.74, 6) is -1.76. The first-order valence-electron chi connectivity index (χ1n) is 8.56. The molecule has 1 saturated heterocycles. The summed E-state index contributed by atoms with van der Waals surface area (Å²) in [5.41, 5.74) is 1.71. The molecule has 0 bridgehead atoms. The van der Waals surface area contributed by atoms with Crippen LogP contribution in [0.5, 0.6) is 0 Å². The Labute approximate surface area is 147 Å². The molecule has 0 saturated carbocycles. The summed E-state index contributed by atoms with van der Waals surface area (Å²) in [7, 11) is 0. The van der Waals surface area contributed by atoms with E-state index < -0.39 is 24.1 Å². The molecule has 6 heteroatoms. The third-order valence-corrected chi connectivity index (χ3v) is 4.57. The van der Waals surface area contributed by atoms with Crippen molar-refractivity contribution < 1.29 is 29.3 Å². The summed E-state index contributed by atoms with van der Waals surface area (Å²) in [6.07, 6.45) is 3.88. The van der Waals surface area contributed by atoms with E-state index in [0.717, 1.165) is 11.1 Å². The van der Waals surface area contributed by atoms with Crippen LogP contribution in [0.2, 0.25) is 0 Å². The maximum Gasteiger partial charge on any atom is 0.334 e. The predicted molar refractivity (Wildman–Crippen MR) is 91.4 cm³/mol. The lowest BCUT2D eigenvalue weighted by Crippen LogP contribution is -2.35. The summed E-state index contributed by atoms with van der Waals surface area (Å²) in [4.78, 5) is 24.2. The third kappa shape index (κ3) is 4.58. The summed E-state index contributed by atoms with van der Waals surface area (Å²) < 4.78 is 11.0. The first kappa shape index (κ1) is 19.4. The Morgan fingerprint density at radius 2 is 2.04 bits per heavy atom. The molecule has 0 aromatic rings.